The molecule has 1 aromatic carbocycles. The fourth-order valence-corrected chi connectivity index (χ4v) is 1.66. The minimum absolute atomic E-state index is 0.150. The molecule has 0 aliphatic carbocycles. The Morgan fingerprint density at radius 2 is 1.84 bits per heavy atom. The third-order valence-electron chi connectivity index (χ3n) is 2.50. The van der Waals surface area contributed by atoms with Gasteiger partial charge in [0.2, 0.25) is 0 Å². The molecule has 1 rings (SSSR count). The molecule has 0 heterocycles. The second-order valence-electron chi connectivity index (χ2n) is 4.45. The maximum Gasteiger partial charge on any atom is 0.406 e. The van der Waals surface area contributed by atoms with E-state index in [4.69, 9.17) is 5.73 Å². The molecule has 1 amide bonds. The van der Waals surface area contributed by atoms with Gasteiger partial charge in [-0.2, -0.15) is 13.2 Å². The standard InChI is InChI=1S/C12H16F3N3O/c1-17(2)10-5-4-8(16)6-9(10)11(19)18(3)7-12(13,14)15/h4-6H,7,16H2,1-3H3. The van der Waals surface area contributed by atoms with Crippen molar-refractivity contribution in [1.29, 1.82) is 0 Å². The highest BCUT2D eigenvalue weighted by atomic mass is 19.4. The summed E-state index contributed by atoms with van der Waals surface area (Å²) in [4.78, 5) is 14.3. The lowest BCUT2D eigenvalue weighted by molar-refractivity contribution is -0.138. The van der Waals surface area contributed by atoms with Gasteiger partial charge in [0.15, 0.2) is 0 Å². The fraction of sp³-hybridized carbons (Fsp3) is 0.417. The Hall–Kier alpha value is -1.92. The molecule has 1 aromatic rings. The maximum atomic E-state index is 12.3. The molecule has 0 saturated carbocycles. The van der Waals surface area contributed by atoms with Crippen molar-refractivity contribution in [2.24, 2.45) is 0 Å². The van der Waals surface area contributed by atoms with Crippen molar-refractivity contribution in [3.8, 4) is 0 Å². The van der Waals surface area contributed by atoms with Gasteiger partial charge in [-0.05, 0) is 18.2 Å². The Kier molecular flexibility index (Phi) is 4.28. The zero-order valence-corrected chi connectivity index (χ0v) is 11.0. The van der Waals surface area contributed by atoms with Crippen molar-refractivity contribution < 1.29 is 18.0 Å². The average molecular weight is 275 g/mol. The summed E-state index contributed by atoms with van der Waals surface area (Å²) in [5.41, 5.74) is 6.58. The number of rotatable bonds is 3. The fourth-order valence-electron chi connectivity index (χ4n) is 1.66. The third kappa shape index (κ3) is 4.04. The summed E-state index contributed by atoms with van der Waals surface area (Å²) >= 11 is 0. The van der Waals surface area contributed by atoms with Crippen LogP contribution in [0.5, 0.6) is 0 Å². The summed E-state index contributed by atoms with van der Waals surface area (Å²) in [6.07, 6.45) is -4.43. The predicted molar refractivity (Wildman–Crippen MR) is 68.2 cm³/mol. The van der Waals surface area contributed by atoms with E-state index >= 15 is 0 Å². The van der Waals surface area contributed by atoms with Crippen molar-refractivity contribution in [2.75, 3.05) is 38.3 Å². The van der Waals surface area contributed by atoms with Crippen LogP contribution in [0.25, 0.3) is 0 Å². The van der Waals surface area contributed by atoms with Gasteiger partial charge in [0.1, 0.15) is 6.54 Å². The summed E-state index contributed by atoms with van der Waals surface area (Å²) in [7, 11) is 4.51. The van der Waals surface area contributed by atoms with Crippen LogP contribution in [0.1, 0.15) is 10.4 Å². The number of carbonyl (C=O) groups excluding carboxylic acids is 1. The first-order valence-corrected chi connectivity index (χ1v) is 5.51. The average Bonchev–Trinajstić information content (AvgIpc) is 2.25. The number of carbonyl (C=O) groups is 1. The van der Waals surface area contributed by atoms with E-state index in [2.05, 4.69) is 0 Å². The van der Waals surface area contributed by atoms with E-state index in [0.717, 1.165) is 7.05 Å². The van der Waals surface area contributed by atoms with Gasteiger partial charge in [-0.25, -0.2) is 0 Å². The number of hydrogen-bond donors (Lipinski definition) is 1. The van der Waals surface area contributed by atoms with Crippen LogP contribution in [-0.2, 0) is 0 Å². The lowest BCUT2D eigenvalue weighted by Gasteiger charge is -2.23. The van der Waals surface area contributed by atoms with Gasteiger partial charge in [0.05, 0.1) is 5.56 Å². The largest absolute Gasteiger partial charge is 0.406 e. The van der Waals surface area contributed by atoms with Crippen molar-refractivity contribution in [1.82, 2.24) is 4.90 Å². The summed E-state index contributed by atoms with van der Waals surface area (Å²) in [5, 5.41) is 0. The van der Waals surface area contributed by atoms with Gasteiger partial charge >= 0.3 is 6.18 Å². The molecule has 106 valence electrons. The van der Waals surface area contributed by atoms with E-state index in [1.807, 2.05) is 0 Å². The quantitative estimate of drug-likeness (QED) is 0.858. The van der Waals surface area contributed by atoms with Gasteiger partial charge in [0.25, 0.3) is 5.91 Å². The minimum Gasteiger partial charge on any atom is -0.399 e. The summed E-state index contributed by atoms with van der Waals surface area (Å²) < 4.78 is 36.9. The van der Waals surface area contributed by atoms with Crippen LogP contribution in [-0.4, -0.2) is 44.7 Å². The Morgan fingerprint density at radius 1 is 1.26 bits per heavy atom. The molecule has 0 aliphatic rings. The molecule has 2 N–H and O–H groups in total. The molecule has 0 fully saturated rings. The normalized spacial score (nSPS) is 11.3. The van der Waals surface area contributed by atoms with E-state index in [9.17, 15) is 18.0 Å². The number of anilines is 2. The first-order valence-electron chi connectivity index (χ1n) is 5.51. The number of hydrogen-bond acceptors (Lipinski definition) is 3. The molecular formula is C12H16F3N3O. The number of amides is 1. The highest BCUT2D eigenvalue weighted by Crippen LogP contribution is 2.24. The summed E-state index contributed by atoms with van der Waals surface area (Å²) in [5.74, 6) is -0.715. The van der Waals surface area contributed by atoms with Gasteiger partial charge in [-0.1, -0.05) is 0 Å². The lowest BCUT2D eigenvalue weighted by Crippen LogP contribution is -2.36. The molecule has 0 unspecified atom stereocenters. The topological polar surface area (TPSA) is 49.6 Å². The first kappa shape index (κ1) is 15.1. The minimum atomic E-state index is -4.43. The summed E-state index contributed by atoms with van der Waals surface area (Å²) in [6, 6.07) is 4.57. The zero-order chi connectivity index (χ0) is 14.8. The lowest BCUT2D eigenvalue weighted by atomic mass is 10.1. The van der Waals surface area contributed by atoms with E-state index in [-0.39, 0.29) is 5.56 Å². The van der Waals surface area contributed by atoms with Crippen LogP contribution in [0.3, 0.4) is 0 Å². The molecule has 0 bridgehead atoms. The van der Waals surface area contributed by atoms with Crippen molar-refractivity contribution in [3.63, 3.8) is 0 Å². The Bertz CT molecular complexity index is 472. The Morgan fingerprint density at radius 3 is 2.32 bits per heavy atom. The van der Waals surface area contributed by atoms with Crippen molar-refractivity contribution >= 4 is 17.3 Å². The summed E-state index contributed by atoms with van der Waals surface area (Å²) in [6.45, 7) is -1.30. The second kappa shape index (κ2) is 5.38. The van der Waals surface area contributed by atoms with Crippen LogP contribution in [0.4, 0.5) is 24.5 Å². The molecular weight excluding hydrogens is 259 g/mol. The van der Waals surface area contributed by atoms with Crippen LogP contribution >= 0.6 is 0 Å². The van der Waals surface area contributed by atoms with Gasteiger partial charge in [-0.15, -0.1) is 0 Å². The smallest absolute Gasteiger partial charge is 0.399 e. The molecule has 0 aromatic heterocycles. The first-order chi connectivity index (χ1) is 8.61. The van der Waals surface area contributed by atoms with Crippen LogP contribution in [0.2, 0.25) is 0 Å². The number of benzene rings is 1. The number of halogens is 3. The number of alkyl halides is 3. The van der Waals surface area contributed by atoms with Crippen LogP contribution < -0.4 is 10.6 Å². The third-order valence-corrected chi connectivity index (χ3v) is 2.50. The van der Waals surface area contributed by atoms with E-state index < -0.39 is 18.6 Å². The van der Waals surface area contributed by atoms with Gasteiger partial charge in [0, 0.05) is 32.5 Å². The van der Waals surface area contributed by atoms with Crippen LogP contribution in [0.15, 0.2) is 18.2 Å². The van der Waals surface area contributed by atoms with Crippen molar-refractivity contribution in [2.45, 2.75) is 6.18 Å². The van der Waals surface area contributed by atoms with E-state index in [1.54, 1.807) is 31.1 Å². The molecule has 0 atom stereocenters. The number of nitrogens with two attached hydrogens (primary N) is 1. The van der Waals surface area contributed by atoms with Gasteiger partial charge in [-0.3, -0.25) is 4.79 Å². The Balaban J connectivity index is 3.08. The highest BCUT2D eigenvalue weighted by Gasteiger charge is 2.32. The maximum absolute atomic E-state index is 12.3. The predicted octanol–water partition coefficient (Wildman–Crippen LogP) is 1.97. The molecule has 0 spiro atoms. The molecule has 7 heteroatoms. The SMILES string of the molecule is CN(CC(F)(F)F)C(=O)c1cc(N)ccc1N(C)C. The van der Waals surface area contributed by atoms with Crippen molar-refractivity contribution in [3.05, 3.63) is 23.8 Å². The molecule has 0 aliphatic heterocycles. The molecule has 19 heavy (non-hydrogen) atoms. The number of nitrogen functional groups attached to an aromatic ring is 1. The second-order valence-corrected chi connectivity index (χ2v) is 4.45. The van der Waals surface area contributed by atoms with E-state index in [0.29, 0.717) is 16.3 Å². The van der Waals surface area contributed by atoms with Gasteiger partial charge < -0.3 is 15.5 Å². The molecule has 4 nitrogen and oxygen atoms in total. The van der Waals surface area contributed by atoms with Crippen LogP contribution in [0, 0.1) is 0 Å². The monoisotopic (exact) mass is 275 g/mol. The number of nitrogens with zero attached hydrogens (tertiary/aromatic N) is 2. The molecule has 0 saturated heterocycles. The highest BCUT2D eigenvalue weighted by molar-refractivity contribution is 6.00. The molecule has 0 radical (unpaired) electrons. The zero-order valence-electron chi connectivity index (χ0n) is 11.0. The van der Waals surface area contributed by atoms with E-state index in [1.165, 1.54) is 6.07 Å². The Labute approximate surface area is 109 Å².